The molecule has 13 nitrogen and oxygen atoms in total. The first kappa shape index (κ1) is 51.1. The molecule has 0 atom stereocenters. The highest BCUT2D eigenvalue weighted by atomic mass is 32.1. The molecule has 11 rings (SSSR count). The van der Waals surface area contributed by atoms with E-state index in [1.807, 2.05) is 125 Å². The fourth-order valence-electron chi connectivity index (χ4n) is 2.99. The Kier molecular flexibility index (Phi) is 40.5. The molecule has 15 heteroatoms. The van der Waals surface area contributed by atoms with Gasteiger partial charge in [-0.25, -0.2) is 29.3 Å². The topological polar surface area (TPSA) is 167 Å². The molecule has 0 bridgehead atoms. The SMILES string of the molecule is C1=CCC=C1.C1=CCN=C1.c1ccccc1.c1ccncc1.c1ccnnc1.c1ccoc1.c1ccsc1.c1cnccn1.c1cncnc1.c1cnsc1.c1ncncn1. The molecule has 1 aliphatic carbocycles. The zero-order chi connectivity index (χ0) is 43.1. The van der Waals surface area contributed by atoms with E-state index in [1.165, 1.54) is 36.8 Å². The van der Waals surface area contributed by atoms with Crippen molar-refractivity contribution in [3.8, 4) is 0 Å². The molecular formula is C46H48N12OS2. The van der Waals surface area contributed by atoms with Crippen molar-refractivity contribution in [2.45, 2.75) is 6.42 Å². The number of furan rings is 1. The average Bonchev–Trinajstić information content (AvgIpc) is 4.25. The van der Waals surface area contributed by atoms with E-state index < -0.39 is 0 Å². The summed E-state index contributed by atoms with van der Waals surface area (Å²) in [5, 5.41) is 13.1. The number of rotatable bonds is 0. The van der Waals surface area contributed by atoms with Gasteiger partial charge in [0.15, 0.2) is 0 Å². The van der Waals surface area contributed by atoms with Crippen LogP contribution in [0.1, 0.15) is 6.42 Å². The van der Waals surface area contributed by atoms with Gasteiger partial charge < -0.3 is 4.42 Å². The molecule has 9 heterocycles. The minimum atomic E-state index is 0.889. The van der Waals surface area contributed by atoms with Crippen molar-refractivity contribution >= 4 is 29.1 Å². The van der Waals surface area contributed by atoms with Crippen molar-refractivity contribution in [2.75, 3.05) is 6.54 Å². The van der Waals surface area contributed by atoms with Crippen LogP contribution in [0.2, 0.25) is 0 Å². The molecule has 0 saturated carbocycles. The summed E-state index contributed by atoms with van der Waals surface area (Å²) in [5.74, 6) is 0. The maximum absolute atomic E-state index is 4.58. The number of hydrogen-bond donors (Lipinski definition) is 0. The van der Waals surface area contributed by atoms with Crippen molar-refractivity contribution in [3.05, 3.63) is 262 Å². The second-order valence-electron chi connectivity index (χ2n) is 9.99. The van der Waals surface area contributed by atoms with E-state index in [0.717, 1.165) is 13.0 Å². The summed E-state index contributed by atoms with van der Waals surface area (Å²) < 4.78 is 8.35. The number of nitrogens with zero attached hydrogens (tertiary/aromatic N) is 12. The highest BCUT2D eigenvalue weighted by Gasteiger charge is 1.73. The normalized spacial score (nSPS) is 9.57. The van der Waals surface area contributed by atoms with Crippen molar-refractivity contribution < 1.29 is 4.42 Å². The number of benzene rings is 1. The van der Waals surface area contributed by atoms with E-state index in [4.69, 9.17) is 0 Å². The molecule has 8 aromatic heterocycles. The third kappa shape index (κ3) is 46.4. The second kappa shape index (κ2) is 48.3. The van der Waals surface area contributed by atoms with Crippen LogP contribution in [-0.2, 0) is 0 Å². The highest BCUT2D eigenvalue weighted by molar-refractivity contribution is 7.07. The van der Waals surface area contributed by atoms with Gasteiger partial charge in [0.2, 0.25) is 0 Å². The number of pyridine rings is 1. The molecule has 9 aromatic rings. The van der Waals surface area contributed by atoms with Gasteiger partial charge in [0.25, 0.3) is 0 Å². The number of hydrogen-bond acceptors (Lipinski definition) is 15. The lowest BCUT2D eigenvalue weighted by Gasteiger charge is -1.70. The van der Waals surface area contributed by atoms with Gasteiger partial charge in [-0.05, 0) is 83.3 Å². The first-order chi connectivity index (χ1) is 30.5. The molecule has 1 aromatic carbocycles. The molecule has 0 amide bonds. The van der Waals surface area contributed by atoms with Crippen molar-refractivity contribution in [2.24, 2.45) is 4.99 Å². The summed E-state index contributed by atoms with van der Waals surface area (Å²) in [6, 6.07) is 32.8. The summed E-state index contributed by atoms with van der Waals surface area (Å²) in [6.45, 7) is 0.889. The zero-order valence-electron chi connectivity index (χ0n) is 33.4. The van der Waals surface area contributed by atoms with Crippen LogP contribution >= 0.6 is 22.9 Å². The van der Waals surface area contributed by atoms with E-state index in [2.05, 4.69) is 88.2 Å². The quantitative estimate of drug-likeness (QED) is 0.142. The summed E-state index contributed by atoms with van der Waals surface area (Å²) in [4.78, 5) is 33.1. The van der Waals surface area contributed by atoms with Gasteiger partial charge in [0.05, 0.1) is 19.1 Å². The Morgan fingerprint density at radius 3 is 1.03 bits per heavy atom. The maximum atomic E-state index is 4.58. The van der Waals surface area contributed by atoms with Crippen LogP contribution in [0.3, 0.4) is 0 Å². The monoisotopic (exact) mass is 848 g/mol. The summed E-state index contributed by atoms with van der Waals surface area (Å²) in [6.07, 6.45) is 42.8. The van der Waals surface area contributed by atoms with Gasteiger partial charge in [-0.15, -0.1) is 0 Å². The van der Waals surface area contributed by atoms with E-state index >= 15 is 0 Å². The highest BCUT2D eigenvalue weighted by Crippen LogP contribution is 1.93. The Labute approximate surface area is 366 Å². The van der Waals surface area contributed by atoms with Crippen molar-refractivity contribution in [1.82, 2.24) is 54.4 Å². The molecule has 0 N–H and O–H groups in total. The van der Waals surface area contributed by atoms with E-state index in [1.54, 1.807) is 104 Å². The Morgan fingerprint density at radius 1 is 0.361 bits per heavy atom. The molecule has 0 fully saturated rings. The van der Waals surface area contributed by atoms with Crippen LogP contribution in [0.5, 0.6) is 0 Å². The van der Waals surface area contributed by atoms with E-state index in [9.17, 15) is 0 Å². The standard InChI is InChI=1S/C6H6.C5H5N.C5H6.3C4H4N2.C4H5N.C4H4O.C4H4S.C3H3N3.C3H3NS/c2*1-2-4-6-5-3-1;1-2-4-5-3-1;1-2-6-4-3-5-1;1-2-5-4-6-3-1;1-2-4-6-5-3-1;3*1-2-4-5-3-1;1-4-2-6-3-5-1;1-2-4-5-3-1/h1-6H;1-5H;1-4H,5H2;3*1-4H;1-3H,4H2;2*1-4H;1-3H;1-3H. The molecular weight excluding hydrogens is 801 g/mol. The molecule has 1 aliphatic heterocycles. The van der Waals surface area contributed by atoms with Crippen LogP contribution in [0.15, 0.2) is 271 Å². The van der Waals surface area contributed by atoms with Gasteiger partial charge in [-0.1, -0.05) is 85.0 Å². The minimum absolute atomic E-state index is 0.889. The zero-order valence-corrected chi connectivity index (χ0v) is 35.0. The Bertz CT molecular complexity index is 1530. The van der Waals surface area contributed by atoms with E-state index in [0.29, 0.717) is 0 Å². The van der Waals surface area contributed by atoms with Gasteiger partial charge in [0, 0.05) is 79.8 Å². The van der Waals surface area contributed by atoms with Gasteiger partial charge in [-0.3, -0.25) is 19.9 Å². The number of aliphatic imine (C=N–C) groups is 1. The van der Waals surface area contributed by atoms with Crippen LogP contribution in [0, 0.1) is 0 Å². The number of thiophene rings is 1. The predicted molar refractivity (Wildman–Crippen MR) is 247 cm³/mol. The largest absolute Gasteiger partial charge is 0.473 e. The van der Waals surface area contributed by atoms with Crippen LogP contribution < -0.4 is 0 Å². The molecule has 61 heavy (non-hydrogen) atoms. The lowest BCUT2D eigenvalue weighted by molar-refractivity contribution is 0.567. The molecule has 2 aliphatic rings. The summed E-state index contributed by atoms with van der Waals surface area (Å²) >= 11 is 3.18. The third-order valence-electron chi connectivity index (χ3n) is 5.46. The molecule has 0 radical (unpaired) electrons. The summed E-state index contributed by atoms with van der Waals surface area (Å²) in [5.41, 5.74) is 0. The molecule has 0 unspecified atom stereocenters. The fraction of sp³-hybridized carbons (Fsp3) is 0.0435. The second-order valence-corrected chi connectivity index (χ2v) is 11.5. The van der Waals surface area contributed by atoms with Crippen molar-refractivity contribution in [3.63, 3.8) is 0 Å². The van der Waals surface area contributed by atoms with Crippen LogP contribution in [0.25, 0.3) is 0 Å². The summed E-state index contributed by atoms with van der Waals surface area (Å²) in [7, 11) is 0. The van der Waals surface area contributed by atoms with Crippen LogP contribution in [-0.4, -0.2) is 67.2 Å². The maximum Gasteiger partial charge on any atom is 0.119 e. The third-order valence-corrected chi connectivity index (χ3v) is 6.61. The average molecular weight is 849 g/mol. The Morgan fingerprint density at radius 2 is 0.852 bits per heavy atom. The molecule has 0 spiro atoms. The predicted octanol–water partition coefficient (Wildman–Crippen LogP) is 10.4. The number of aromatic nitrogens is 11. The lowest BCUT2D eigenvalue weighted by atomic mass is 10.4. The molecule has 310 valence electrons. The first-order valence-corrected chi connectivity index (χ1v) is 20.0. The minimum Gasteiger partial charge on any atom is -0.473 e. The Balaban J connectivity index is 0.000000336. The van der Waals surface area contributed by atoms with Gasteiger partial charge >= 0.3 is 0 Å². The van der Waals surface area contributed by atoms with Gasteiger partial charge in [-0.2, -0.15) is 21.5 Å². The number of allylic oxidation sites excluding steroid dienone is 5. The van der Waals surface area contributed by atoms with Crippen molar-refractivity contribution in [1.29, 1.82) is 0 Å². The fourth-order valence-corrected chi connectivity index (χ4v) is 3.79. The lowest BCUT2D eigenvalue weighted by Crippen LogP contribution is -1.73. The van der Waals surface area contributed by atoms with Crippen LogP contribution in [0.4, 0.5) is 0 Å². The first-order valence-electron chi connectivity index (χ1n) is 18.3. The van der Waals surface area contributed by atoms with E-state index in [-0.39, 0.29) is 0 Å². The Hall–Kier alpha value is -7.88. The molecule has 0 saturated heterocycles. The smallest absolute Gasteiger partial charge is 0.119 e. The van der Waals surface area contributed by atoms with Gasteiger partial charge in [0.1, 0.15) is 25.3 Å².